The number of amides is 1. The zero-order chi connectivity index (χ0) is 13.5. The van der Waals surface area contributed by atoms with Crippen LogP contribution in [0.5, 0.6) is 5.75 Å². The van der Waals surface area contributed by atoms with Crippen molar-refractivity contribution in [2.45, 2.75) is 13.0 Å². The molecule has 5 heteroatoms. The smallest absolute Gasteiger partial charge is 0.226 e. The van der Waals surface area contributed by atoms with Gasteiger partial charge in [-0.25, -0.2) is 0 Å². The van der Waals surface area contributed by atoms with Crippen molar-refractivity contribution in [3.63, 3.8) is 0 Å². The van der Waals surface area contributed by atoms with E-state index in [2.05, 4.69) is 5.32 Å². The van der Waals surface area contributed by atoms with Gasteiger partial charge in [0, 0.05) is 26.2 Å². The summed E-state index contributed by atoms with van der Waals surface area (Å²) < 4.78 is 5.52. The van der Waals surface area contributed by atoms with Gasteiger partial charge in [0.05, 0.1) is 19.6 Å². The second-order valence-electron chi connectivity index (χ2n) is 4.53. The van der Waals surface area contributed by atoms with Gasteiger partial charge in [0.1, 0.15) is 5.75 Å². The first-order valence-electron chi connectivity index (χ1n) is 6.60. The highest BCUT2D eigenvalue weighted by Gasteiger charge is 2.15. The first-order chi connectivity index (χ1) is 9.29. The van der Waals surface area contributed by atoms with Crippen LogP contribution in [0.3, 0.4) is 0 Å². The molecule has 2 N–H and O–H groups in total. The lowest BCUT2D eigenvalue weighted by molar-refractivity contribution is -0.132. The molecular weight excluding hydrogens is 244 g/mol. The lowest BCUT2D eigenvalue weighted by atomic mass is 10.2. The number of carbonyl (C=O) groups excluding carboxylic acids is 1. The molecule has 0 bridgehead atoms. The number of ether oxygens (including phenoxy) is 1. The summed E-state index contributed by atoms with van der Waals surface area (Å²) in [5.41, 5.74) is 0.851. The molecule has 1 heterocycles. The summed E-state index contributed by atoms with van der Waals surface area (Å²) in [5, 5.41) is 12.1. The Bertz CT molecular complexity index is 400. The van der Waals surface area contributed by atoms with Crippen LogP contribution in [0.15, 0.2) is 24.3 Å². The van der Waals surface area contributed by atoms with Crippen LogP contribution < -0.4 is 10.1 Å². The molecule has 0 spiro atoms. The molecule has 0 radical (unpaired) electrons. The van der Waals surface area contributed by atoms with Gasteiger partial charge in [-0.3, -0.25) is 4.79 Å². The van der Waals surface area contributed by atoms with E-state index in [1.165, 1.54) is 0 Å². The van der Waals surface area contributed by atoms with E-state index in [9.17, 15) is 4.79 Å². The van der Waals surface area contributed by atoms with Crippen molar-refractivity contribution in [2.75, 3.05) is 32.8 Å². The van der Waals surface area contributed by atoms with Crippen LogP contribution in [-0.2, 0) is 11.4 Å². The molecule has 104 valence electrons. The standard InChI is InChI=1S/C14H20N2O3/c17-11-12-1-3-13(4-2-12)19-10-5-14(18)16-8-6-15-7-9-16/h1-4,15,17H,5-11H2. The predicted octanol–water partition coefficient (Wildman–Crippen LogP) is 0.380. The van der Waals surface area contributed by atoms with Crippen molar-refractivity contribution in [1.82, 2.24) is 10.2 Å². The molecule has 0 unspecified atom stereocenters. The number of benzene rings is 1. The molecule has 19 heavy (non-hydrogen) atoms. The molecule has 2 rings (SSSR count). The average molecular weight is 264 g/mol. The largest absolute Gasteiger partial charge is 0.493 e. The zero-order valence-corrected chi connectivity index (χ0v) is 11.0. The van der Waals surface area contributed by atoms with Gasteiger partial charge in [-0.2, -0.15) is 0 Å². The molecule has 1 saturated heterocycles. The van der Waals surface area contributed by atoms with Crippen LogP contribution in [0.4, 0.5) is 0 Å². The number of rotatable bonds is 5. The van der Waals surface area contributed by atoms with E-state index in [0.717, 1.165) is 37.5 Å². The van der Waals surface area contributed by atoms with Crippen LogP contribution >= 0.6 is 0 Å². The molecule has 1 amide bonds. The Morgan fingerprint density at radius 2 is 1.95 bits per heavy atom. The number of carbonyl (C=O) groups is 1. The lowest BCUT2D eigenvalue weighted by Gasteiger charge is -2.27. The molecule has 1 aliphatic heterocycles. The number of piperazine rings is 1. The maximum Gasteiger partial charge on any atom is 0.226 e. The number of hydrogen-bond acceptors (Lipinski definition) is 4. The van der Waals surface area contributed by atoms with Crippen molar-refractivity contribution in [3.05, 3.63) is 29.8 Å². The van der Waals surface area contributed by atoms with E-state index >= 15 is 0 Å². The van der Waals surface area contributed by atoms with Gasteiger partial charge >= 0.3 is 0 Å². The number of nitrogens with zero attached hydrogens (tertiary/aromatic N) is 1. The Labute approximate surface area is 113 Å². The van der Waals surface area contributed by atoms with Gasteiger partial charge in [-0.05, 0) is 17.7 Å². The van der Waals surface area contributed by atoms with E-state index in [-0.39, 0.29) is 12.5 Å². The SMILES string of the molecule is O=C(CCOc1ccc(CO)cc1)N1CCNCC1. The van der Waals surface area contributed by atoms with E-state index in [0.29, 0.717) is 13.0 Å². The summed E-state index contributed by atoms with van der Waals surface area (Å²) in [6.45, 7) is 3.72. The minimum absolute atomic E-state index is 0.0295. The van der Waals surface area contributed by atoms with Crippen LogP contribution in [0, 0.1) is 0 Å². The molecule has 1 fully saturated rings. The zero-order valence-electron chi connectivity index (χ0n) is 11.0. The van der Waals surface area contributed by atoms with E-state index in [1.807, 2.05) is 17.0 Å². The minimum Gasteiger partial charge on any atom is -0.493 e. The molecular formula is C14H20N2O3. The fraction of sp³-hybridized carbons (Fsp3) is 0.500. The van der Waals surface area contributed by atoms with Gasteiger partial charge in [-0.15, -0.1) is 0 Å². The van der Waals surface area contributed by atoms with Gasteiger partial charge in [0.25, 0.3) is 0 Å². The highest BCUT2D eigenvalue weighted by atomic mass is 16.5. The Morgan fingerprint density at radius 1 is 1.26 bits per heavy atom. The van der Waals surface area contributed by atoms with Crippen molar-refractivity contribution in [2.24, 2.45) is 0 Å². The molecule has 0 atom stereocenters. The van der Waals surface area contributed by atoms with E-state index in [1.54, 1.807) is 12.1 Å². The first kappa shape index (κ1) is 13.8. The monoisotopic (exact) mass is 264 g/mol. The van der Waals surface area contributed by atoms with Crippen LogP contribution in [0.25, 0.3) is 0 Å². The van der Waals surface area contributed by atoms with Gasteiger partial charge in [-0.1, -0.05) is 12.1 Å². The minimum atomic E-state index is 0.0295. The molecule has 1 aromatic rings. The van der Waals surface area contributed by atoms with E-state index < -0.39 is 0 Å². The van der Waals surface area contributed by atoms with Crippen LogP contribution in [-0.4, -0.2) is 48.7 Å². The quantitative estimate of drug-likeness (QED) is 0.807. The number of aliphatic hydroxyl groups excluding tert-OH is 1. The Balaban J connectivity index is 1.71. The van der Waals surface area contributed by atoms with E-state index in [4.69, 9.17) is 9.84 Å². The highest BCUT2D eigenvalue weighted by molar-refractivity contribution is 5.76. The molecule has 1 aliphatic rings. The summed E-state index contributed by atoms with van der Waals surface area (Å²) in [7, 11) is 0. The molecule has 0 aromatic heterocycles. The van der Waals surface area contributed by atoms with Crippen molar-refractivity contribution in [3.8, 4) is 5.75 Å². The summed E-state index contributed by atoms with van der Waals surface area (Å²) in [5.74, 6) is 0.874. The fourth-order valence-corrected chi connectivity index (χ4v) is 2.02. The van der Waals surface area contributed by atoms with Gasteiger partial charge in [0.2, 0.25) is 5.91 Å². The van der Waals surface area contributed by atoms with Gasteiger partial charge < -0.3 is 20.1 Å². The second-order valence-corrected chi connectivity index (χ2v) is 4.53. The summed E-state index contributed by atoms with van der Waals surface area (Å²) >= 11 is 0. The Hall–Kier alpha value is -1.59. The Kier molecular flexibility index (Phi) is 5.18. The predicted molar refractivity (Wildman–Crippen MR) is 71.9 cm³/mol. The maximum atomic E-state index is 11.9. The number of aliphatic hydroxyl groups is 1. The molecule has 5 nitrogen and oxygen atoms in total. The molecule has 0 saturated carbocycles. The fourth-order valence-electron chi connectivity index (χ4n) is 2.02. The average Bonchev–Trinajstić information content (AvgIpc) is 2.49. The normalized spacial score (nSPS) is 15.3. The van der Waals surface area contributed by atoms with Crippen LogP contribution in [0.2, 0.25) is 0 Å². The summed E-state index contributed by atoms with van der Waals surface area (Å²) in [4.78, 5) is 13.7. The third-order valence-electron chi connectivity index (χ3n) is 3.16. The second kappa shape index (κ2) is 7.11. The van der Waals surface area contributed by atoms with Crippen molar-refractivity contribution < 1.29 is 14.6 Å². The number of hydrogen-bond donors (Lipinski definition) is 2. The molecule has 1 aromatic carbocycles. The lowest BCUT2D eigenvalue weighted by Crippen LogP contribution is -2.46. The van der Waals surface area contributed by atoms with Crippen molar-refractivity contribution in [1.29, 1.82) is 0 Å². The number of nitrogens with one attached hydrogen (secondary N) is 1. The first-order valence-corrected chi connectivity index (χ1v) is 6.60. The third-order valence-corrected chi connectivity index (χ3v) is 3.16. The topological polar surface area (TPSA) is 61.8 Å². The van der Waals surface area contributed by atoms with Crippen LogP contribution in [0.1, 0.15) is 12.0 Å². The third kappa shape index (κ3) is 4.22. The Morgan fingerprint density at radius 3 is 2.58 bits per heavy atom. The van der Waals surface area contributed by atoms with Crippen molar-refractivity contribution >= 4 is 5.91 Å². The highest BCUT2D eigenvalue weighted by Crippen LogP contribution is 2.12. The summed E-state index contributed by atoms with van der Waals surface area (Å²) in [6.07, 6.45) is 0.405. The van der Waals surface area contributed by atoms with Gasteiger partial charge in [0.15, 0.2) is 0 Å². The maximum absolute atomic E-state index is 11.9. The molecule has 0 aliphatic carbocycles. The summed E-state index contributed by atoms with van der Waals surface area (Å²) in [6, 6.07) is 7.24.